The van der Waals surface area contributed by atoms with Crippen LogP contribution in [0.2, 0.25) is 0 Å². The molecule has 8 aromatic carbocycles. The Morgan fingerprint density at radius 2 is 0.931 bits per heavy atom. The second-order valence-electron chi connectivity index (χ2n) is 15.1. The Bertz CT molecular complexity index is 3750. The summed E-state index contributed by atoms with van der Waals surface area (Å²) in [6, 6.07) is 64.6. The second-order valence-corrected chi connectivity index (χ2v) is 15.1. The van der Waals surface area contributed by atoms with E-state index in [2.05, 4.69) is 184 Å². The van der Waals surface area contributed by atoms with Gasteiger partial charge < -0.3 is 18.0 Å². The molecule has 13 rings (SSSR count). The molecule has 5 aromatic heterocycles. The normalized spacial score (nSPS) is 12.1. The van der Waals surface area contributed by atoms with Crippen LogP contribution in [0.3, 0.4) is 0 Å². The lowest BCUT2D eigenvalue weighted by Crippen LogP contribution is -1.94. The monoisotopic (exact) mass is 741 g/mol. The molecule has 0 spiro atoms. The molecular formula is C53H31N3O2. The summed E-state index contributed by atoms with van der Waals surface area (Å²) in [6.45, 7) is 0. The van der Waals surface area contributed by atoms with Gasteiger partial charge in [0.1, 0.15) is 22.3 Å². The molecule has 5 heteroatoms. The third-order valence-corrected chi connectivity index (χ3v) is 12.0. The number of para-hydroxylation sites is 3. The Balaban J connectivity index is 0.958. The zero-order chi connectivity index (χ0) is 37.9. The van der Waals surface area contributed by atoms with E-state index in [0.29, 0.717) is 0 Å². The third-order valence-electron chi connectivity index (χ3n) is 12.0. The number of fused-ring (bicyclic) bond motifs is 13. The van der Waals surface area contributed by atoms with E-state index in [1.165, 1.54) is 21.8 Å². The van der Waals surface area contributed by atoms with Gasteiger partial charge in [0.2, 0.25) is 0 Å². The maximum atomic E-state index is 6.79. The van der Waals surface area contributed by atoms with E-state index < -0.39 is 0 Å². The number of pyridine rings is 1. The average Bonchev–Trinajstić information content (AvgIpc) is 4.03. The van der Waals surface area contributed by atoms with Gasteiger partial charge in [-0.05, 0) is 108 Å². The van der Waals surface area contributed by atoms with Crippen LogP contribution in [0.5, 0.6) is 0 Å². The third kappa shape index (κ3) is 4.44. The highest BCUT2D eigenvalue weighted by Gasteiger charge is 2.20. The number of nitrogens with zero attached hydrogens (tertiary/aromatic N) is 3. The van der Waals surface area contributed by atoms with Crippen molar-refractivity contribution in [3.8, 4) is 33.8 Å². The average molecular weight is 742 g/mol. The first-order valence-corrected chi connectivity index (χ1v) is 19.6. The van der Waals surface area contributed by atoms with Crippen molar-refractivity contribution in [2.45, 2.75) is 0 Å². The Hall–Kier alpha value is -7.89. The van der Waals surface area contributed by atoms with Gasteiger partial charge in [-0.15, -0.1) is 0 Å². The summed E-state index contributed by atoms with van der Waals surface area (Å²) in [7, 11) is 0. The zero-order valence-corrected chi connectivity index (χ0v) is 31.1. The molecule has 0 aliphatic carbocycles. The number of rotatable bonds is 4. The van der Waals surface area contributed by atoms with Gasteiger partial charge in [0.15, 0.2) is 0 Å². The minimum absolute atomic E-state index is 0.867. The quantitative estimate of drug-likeness (QED) is 0.180. The second kappa shape index (κ2) is 11.8. The van der Waals surface area contributed by atoms with E-state index in [1.54, 1.807) is 0 Å². The molecule has 5 heterocycles. The highest BCUT2D eigenvalue weighted by Crippen LogP contribution is 2.43. The largest absolute Gasteiger partial charge is 0.456 e. The lowest BCUT2D eigenvalue weighted by molar-refractivity contribution is 0.669. The Morgan fingerprint density at radius 1 is 0.345 bits per heavy atom. The standard InChI is InChI=1S/C53H31N3O2/c1-4-16-45-37(12-1)38-13-2-5-17-46(38)55(45)36-21-26-50-43(31-36)42-30-33(19-24-49(42)57-50)32-20-25-51-41(29-32)39-22-23-48-52(53(39)58-51)40-14-3-6-18-47(40)56(48)35-11-9-10-34(28-35)44-15-7-8-27-54-44/h1-31H. The van der Waals surface area contributed by atoms with Crippen LogP contribution < -0.4 is 0 Å². The van der Waals surface area contributed by atoms with Gasteiger partial charge in [-0.3, -0.25) is 4.98 Å². The van der Waals surface area contributed by atoms with E-state index in [0.717, 1.165) is 99.4 Å². The Labute approximate surface area is 331 Å². The van der Waals surface area contributed by atoms with Crippen molar-refractivity contribution in [1.82, 2.24) is 14.1 Å². The summed E-state index contributed by atoms with van der Waals surface area (Å²) in [5.41, 5.74) is 14.6. The molecule has 0 aliphatic heterocycles. The number of furan rings is 2. The van der Waals surface area contributed by atoms with Crippen LogP contribution in [-0.4, -0.2) is 14.1 Å². The first-order valence-electron chi connectivity index (χ1n) is 19.6. The molecule has 0 bridgehead atoms. The van der Waals surface area contributed by atoms with Gasteiger partial charge in [0, 0.05) is 60.8 Å². The van der Waals surface area contributed by atoms with E-state index in [-0.39, 0.29) is 0 Å². The summed E-state index contributed by atoms with van der Waals surface area (Å²) in [5, 5.41) is 9.14. The summed E-state index contributed by atoms with van der Waals surface area (Å²) in [4.78, 5) is 4.62. The fourth-order valence-electron chi connectivity index (χ4n) is 9.37. The molecular weight excluding hydrogens is 711 g/mol. The van der Waals surface area contributed by atoms with E-state index in [1.807, 2.05) is 18.3 Å². The SMILES string of the molecule is c1ccc(-c2cccc(-n3c4ccccc4c4c5oc6ccc(-c7ccc8oc9ccc(-n%10c%11ccccc%11c%11ccccc%11%10)cc9c8c7)cc6c5ccc43)c2)nc1. The van der Waals surface area contributed by atoms with Crippen molar-refractivity contribution in [2.24, 2.45) is 0 Å². The predicted octanol–water partition coefficient (Wildman–Crippen LogP) is 14.4. The van der Waals surface area contributed by atoms with Crippen LogP contribution in [0.15, 0.2) is 197 Å². The fraction of sp³-hybridized carbons (Fsp3) is 0. The molecule has 58 heavy (non-hydrogen) atoms. The first kappa shape index (κ1) is 31.3. The minimum atomic E-state index is 0.867. The molecule has 0 saturated heterocycles. The van der Waals surface area contributed by atoms with Crippen molar-refractivity contribution < 1.29 is 8.83 Å². The van der Waals surface area contributed by atoms with Crippen molar-refractivity contribution in [2.75, 3.05) is 0 Å². The Morgan fingerprint density at radius 3 is 1.66 bits per heavy atom. The summed E-state index contributed by atoms with van der Waals surface area (Å²) in [6.07, 6.45) is 1.84. The summed E-state index contributed by atoms with van der Waals surface area (Å²) >= 11 is 0. The number of benzene rings is 8. The molecule has 0 saturated carbocycles. The van der Waals surface area contributed by atoms with Crippen molar-refractivity contribution in [3.63, 3.8) is 0 Å². The molecule has 0 fully saturated rings. The number of hydrogen-bond acceptors (Lipinski definition) is 3. The molecule has 0 aliphatic rings. The molecule has 5 nitrogen and oxygen atoms in total. The van der Waals surface area contributed by atoms with Crippen LogP contribution >= 0.6 is 0 Å². The van der Waals surface area contributed by atoms with E-state index >= 15 is 0 Å². The van der Waals surface area contributed by atoms with Crippen molar-refractivity contribution >= 4 is 87.5 Å². The van der Waals surface area contributed by atoms with Gasteiger partial charge in [-0.2, -0.15) is 0 Å². The topological polar surface area (TPSA) is 49.0 Å². The van der Waals surface area contributed by atoms with Crippen molar-refractivity contribution in [1.29, 1.82) is 0 Å². The minimum Gasteiger partial charge on any atom is -0.456 e. The van der Waals surface area contributed by atoms with Gasteiger partial charge in [-0.25, -0.2) is 0 Å². The van der Waals surface area contributed by atoms with Gasteiger partial charge in [-0.1, -0.05) is 84.9 Å². The smallest absolute Gasteiger partial charge is 0.145 e. The molecule has 0 radical (unpaired) electrons. The van der Waals surface area contributed by atoms with Crippen LogP contribution in [0.1, 0.15) is 0 Å². The molecule has 0 atom stereocenters. The van der Waals surface area contributed by atoms with E-state index in [9.17, 15) is 0 Å². The van der Waals surface area contributed by atoms with Crippen LogP contribution in [0.4, 0.5) is 0 Å². The molecule has 0 unspecified atom stereocenters. The molecule has 13 aromatic rings. The molecule has 270 valence electrons. The van der Waals surface area contributed by atoms with Crippen LogP contribution in [-0.2, 0) is 0 Å². The first-order chi connectivity index (χ1) is 28.7. The number of hydrogen-bond donors (Lipinski definition) is 0. The van der Waals surface area contributed by atoms with Crippen LogP contribution in [0.25, 0.3) is 121 Å². The molecule has 0 N–H and O–H groups in total. The number of aromatic nitrogens is 3. The van der Waals surface area contributed by atoms with Gasteiger partial charge in [0.25, 0.3) is 0 Å². The lowest BCUT2D eigenvalue weighted by Gasteiger charge is -2.10. The molecule has 0 amide bonds. The predicted molar refractivity (Wildman–Crippen MR) is 238 cm³/mol. The lowest BCUT2D eigenvalue weighted by atomic mass is 10.00. The highest BCUT2D eigenvalue weighted by atomic mass is 16.3. The Kier molecular flexibility index (Phi) is 6.38. The zero-order valence-electron chi connectivity index (χ0n) is 31.1. The van der Waals surface area contributed by atoms with Crippen molar-refractivity contribution in [3.05, 3.63) is 188 Å². The van der Waals surface area contributed by atoms with Gasteiger partial charge >= 0.3 is 0 Å². The van der Waals surface area contributed by atoms with Crippen LogP contribution in [0, 0.1) is 0 Å². The maximum absolute atomic E-state index is 6.79. The maximum Gasteiger partial charge on any atom is 0.145 e. The van der Waals surface area contributed by atoms with E-state index in [4.69, 9.17) is 8.83 Å². The summed E-state index contributed by atoms with van der Waals surface area (Å²) in [5.74, 6) is 0. The van der Waals surface area contributed by atoms with Gasteiger partial charge in [0.05, 0.1) is 33.1 Å². The summed E-state index contributed by atoms with van der Waals surface area (Å²) < 4.78 is 17.9. The fourth-order valence-corrected chi connectivity index (χ4v) is 9.37. The highest BCUT2D eigenvalue weighted by molar-refractivity contribution is 6.24.